The van der Waals surface area contributed by atoms with Gasteiger partial charge in [0.15, 0.2) is 0 Å². The van der Waals surface area contributed by atoms with E-state index in [1.165, 1.54) is 24.3 Å². The highest BCUT2D eigenvalue weighted by atomic mass is 19.1. The molecule has 0 radical (unpaired) electrons. The summed E-state index contributed by atoms with van der Waals surface area (Å²) in [6.07, 6.45) is 2.79. The number of pyridine rings is 1. The number of amides is 1. The van der Waals surface area contributed by atoms with E-state index in [-0.39, 0.29) is 24.9 Å². The van der Waals surface area contributed by atoms with Crippen LogP contribution in [-0.4, -0.2) is 46.2 Å². The average Bonchev–Trinajstić information content (AvgIpc) is 2.61. The van der Waals surface area contributed by atoms with Crippen molar-refractivity contribution in [2.75, 3.05) is 19.7 Å². The molecule has 1 aliphatic rings. The Bertz CT molecular complexity index is 733. The van der Waals surface area contributed by atoms with Crippen molar-refractivity contribution in [2.24, 2.45) is 0 Å². The van der Waals surface area contributed by atoms with Gasteiger partial charge in [-0.15, -0.1) is 0 Å². The molecule has 2 aromatic rings. The Balaban J connectivity index is 1.63. The lowest BCUT2D eigenvalue weighted by molar-refractivity contribution is -0.0532. The van der Waals surface area contributed by atoms with Crippen molar-refractivity contribution in [3.8, 4) is 5.75 Å². The van der Waals surface area contributed by atoms with Gasteiger partial charge in [-0.1, -0.05) is 0 Å². The highest BCUT2D eigenvalue weighted by Crippen LogP contribution is 2.24. The van der Waals surface area contributed by atoms with E-state index in [2.05, 4.69) is 4.98 Å². The number of aromatic nitrogens is 1. The van der Waals surface area contributed by atoms with Gasteiger partial charge in [-0.05, 0) is 56.2 Å². The summed E-state index contributed by atoms with van der Waals surface area (Å²) in [4.78, 5) is 18.4. The van der Waals surface area contributed by atoms with Gasteiger partial charge in [0.1, 0.15) is 23.8 Å². The van der Waals surface area contributed by atoms with Gasteiger partial charge >= 0.3 is 0 Å². The fourth-order valence-electron chi connectivity index (χ4n) is 2.93. The van der Waals surface area contributed by atoms with E-state index < -0.39 is 5.60 Å². The summed E-state index contributed by atoms with van der Waals surface area (Å²) in [5.41, 5.74) is 0.231. The van der Waals surface area contributed by atoms with Crippen LogP contribution in [-0.2, 0) is 0 Å². The van der Waals surface area contributed by atoms with Crippen LogP contribution in [0, 0.1) is 12.7 Å². The first-order valence-electron chi connectivity index (χ1n) is 8.28. The number of nitrogens with zero attached hydrogens (tertiary/aromatic N) is 2. The van der Waals surface area contributed by atoms with Crippen LogP contribution < -0.4 is 4.74 Å². The van der Waals surface area contributed by atoms with Crippen molar-refractivity contribution in [1.29, 1.82) is 0 Å². The molecule has 1 amide bonds. The van der Waals surface area contributed by atoms with Crippen LogP contribution in [0.4, 0.5) is 4.39 Å². The third-order valence-electron chi connectivity index (χ3n) is 4.32. The number of β-amino-alcohol motifs (C(OH)–C–C–N with tert-alkyl or cyclic N) is 1. The van der Waals surface area contributed by atoms with Gasteiger partial charge in [-0.3, -0.25) is 9.78 Å². The molecule has 0 spiro atoms. The van der Waals surface area contributed by atoms with Gasteiger partial charge in [0.2, 0.25) is 0 Å². The molecule has 1 aliphatic heterocycles. The minimum atomic E-state index is -1.12. The van der Waals surface area contributed by atoms with E-state index in [0.717, 1.165) is 5.69 Å². The Morgan fingerprint density at radius 2 is 2.08 bits per heavy atom. The highest BCUT2D eigenvalue weighted by molar-refractivity contribution is 5.94. The molecular formula is C19H21FN2O3. The maximum absolute atomic E-state index is 12.9. The summed E-state index contributed by atoms with van der Waals surface area (Å²) in [6.45, 7) is 2.70. The zero-order chi connectivity index (χ0) is 17.9. The quantitative estimate of drug-likeness (QED) is 0.926. The predicted octanol–water partition coefficient (Wildman–Crippen LogP) is 2.58. The standard InChI is InChI=1S/C19H21FN2O3/c1-14-3-4-15(11-21-14)18(23)22-10-2-9-19(24,12-22)13-25-17-7-5-16(20)6-8-17/h3-8,11,24H,2,9-10,12-13H2,1H3. The summed E-state index contributed by atoms with van der Waals surface area (Å²) in [5, 5.41) is 10.8. The van der Waals surface area contributed by atoms with Crippen LogP contribution in [0.25, 0.3) is 0 Å². The van der Waals surface area contributed by atoms with Gasteiger partial charge in [0, 0.05) is 18.4 Å². The fraction of sp³-hybridized carbons (Fsp3) is 0.368. The Morgan fingerprint density at radius 1 is 1.32 bits per heavy atom. The van der Waals surface area contributed by atoms with Crippen molar-refractivity contribution < 1.29 is 19.0 Å². The van der Waals surface area contributed by atoms with E-state index in [0.29, 0.717) is 30.7 Å². The monoisotopic (exact) mass is 344 g/mol. The summed E-state index contributed by atoms with van der Waals surface area (Å²) in [5.74, 6) is 0.000578. The zero-order valence-electron chi connectivity index (χ0n) is 14.1. The van der Waals surface area contributed by atoms with Crippen LogP contribution in [0.3, 0.4) is 0 Å². The summed E-state index contributed by atoms with van der Waals surface area (Å²) >= 11 is 0. The Kier molecular flexibility index (Phi) is 4.99. The number of ether oxygens (including phenoxy) is 1. The molecule has 0 saturated carbocycles. The van der Waals surface area contributed by atoms with Gasteiger partial charge in [0.05, 0.1) is 12.1 Å². The maximum Gasteiger partial charge on any atom is 0.255 e. The molecule has 0 aliphatic carbocycles. The van der Waals surface area contributed by atoms with Gasteiger partial charge in [-0.2, -0.15) is 0 Å². The molecule has 1 N–H and O–H groups in total. The van der Waals surface area contributed by atoms with Gasteiger partial charge < -0.3 is 14.7 Å². The number of carbonyl (C=O) groups excluding carboxylic acids is 1. The molecule has 1 aromatic heterocycles. The van der Waals surface area contributed by atoms with E-state index in [1.54, 1.807) is 23.2 Å². The smallest absolute Gasteiger partial charge is 0.255 e. The molecule has 1 aromatic carbocycles. The molecule has 5 nitrogen and oxygen atoms in total. The summed E-state index contributed by atoms with van der Waals surface area (Å²) in [6, 6.07) is 9.18. The average molecular weight is 344 g/mol. The minimum absolute atomic E-state index is 0.0502. The van der Waals surface area contributed by atoms with Crippen LogP contribution >= 0.6 is 0 Å². The molecule has 25 heavy (non-hydrogen) atoms. The first kappa shape index (κ1) is 17.4. The number of carbonyl (C=O) groups is 1. The number of aliphatic hydroxyl groups is 1. The number of benzene rings is 1. The van der Waals surface area contributed by atoms with E-state index >= 15 is 0 Å². The molecule has 2 heterocycles. The topological polar surface area (TPSA) is 62.7 Å². The van der Waals surface area contributed by atoms with Crippen molar-refractivity contribution in [1.82, 2.24) is 9.88 Å². The summed E-state index contributed by atoms with van der Waals surface area (Å²) < 4.78 is 18.5. The molecule has 132 valence electrons. The van der Waals surface area contributed by atoms with Crippen LogP contribution in [0.5, 0.6) is 5.75 Å². The number of aryl methyl sites for hydroxylation is 1. The molecule has 6 heteroatoms. The number of halogens is 1. The second-order valence-corrected chi connectivity index (χ2v) is 6.49. The molecule has 1 unspecified atom stereocenters. The lowest BCUT2D eigenvalue weighted by atomic mass is 9.93. The van der Waals surface area contributed by atoms with Crippen LogP contribution in [0.1, 0.15) is 28.9 Å². The second-order valence-electron chi connectivity index (χ2n) is 6.49. The minimum Gasteiger partial charge on any atom is -0.491 e. The molecular weight excluding hydrogens is 323 g/mol. The largest absolute Gasteiger partial charge is 0.491 e. The normalized spacial score (nSPS) is 20.4. The molecule has 1 fully saturated rings. The zero-order valence-corrected chi connectivity index (χ0v) is 14.1. The Labute approximate surface area is 146 Å². The van der Waals surface area contributed by atoms with E-state index in [4.69, 9.17) is 4.74 Å². The predicted molar refractivity (Wildman–Crippen MR) is 91.0 cm³/mol. The Morgan fingerprint density at radius 3 is 2.76 bits per heavy atom. The Hall–Kier alpha value is -2.47. The molecule has 1 atom stereocenters. The van der Waals surface area contributed by atoms with E-state index in [9.17, 15) is 14.3 Å². The fourth-order valence-corrected chi connectivity index (χ4v) is 2.93. The van der Waals surface area contributed by atoms with E-state index in [1.807, 2.05) is 6.92 Å². The first-order chi connectivity index (χ1) is 12.0. The third-order valence-corrected chi connectivity index (χ3v) is 4.32. The highest BCUT2D eigenvalue weighted by Gasteiger charge is 2.36. The lowest BCUT2D eigenvalue weighted by Gasteiger charge is -2.38. The van der Waals surface area contributed by atoms with Crippen molar-refractivity contribution in [3.05, 3.63) is 59.7 Å². The SMILES string of the molecule is Cc1ccc(C(=O)N2CCCC(O)(COc3ccc(F)cc3)C2)cn1. The third kappa shape index (κ3) is 4.33. The van der Waals surface area contributed by atoms with Gasteiger partial charge in [-0.25, -0.2) is 4.39 Å². The number of piperidine rings is 1. The van der Waals surface area contributed by atoms with Crippen molar-refractivity contribution in [3.63, 3.8) is 0 Å². The summed E-state index contributed by atoms with van der Waals surface area (Å²) in [7, 11) is 0. The molecule has 1 saturated heterocycles. The van der Waals surface area contributed by atoms with Crippen LogP contribution in [0.2, 0.25) is 0 Å². The van der Waals surface area contributed by atoms with Crippen molar-refractivity contribution >= 4 is 5.91 Å². The van der Waals surface area contributed by atoms with Crippen LogP contribution in [0.15, 0.2) is 42.6 Å². The number of rotatable bonds is 4. The number of hydrogen-bond donors (Lipinski definition) is 1. The van der Waals surface area contributed by atoms with Crippen molar-refractivity contribution in [2.45, 2.75) is 25.4 Å². The molecule has 3 rings (SSSR count). The van der Waals surface area contributed by atoms with Gasteiger partial charge in [0.25, 0.3) is 5.91 Å². The first-order valence-corrected chi connectivity index (χ1v) is 8.28. The number of hydrogen-bond acceptors (Lipinski definition) is 4. The lowest BCUT2D eigenvalue weighted by Crippen LogP contribution is -2.53. The second kappa shape index (κ2) is 7.19. The maximum atomic E-state index is 12.9. The molecule has 0 bridgehead atoms. The number of likely N-dealkylation sites (tertiary alicyclic amines) is 1.